The van der Waals surface area contributed by atoms with Crippen LogP contribution in [-0.4, -0.2) is 40.0 Å². The first kappa shape index (κ1) is 13.5. The summed E-state index contributed by atoms with van der Waals surface area (Å²) >= 11 is 0. The van der Waals surface area contributed by atoms with E-state index in [1.54, 1.807) is 24.5 Å². The molecule has 1 saturated heterocycles. The number of carbonyl (C=O) groups is 1. The molecule has 5 nitrogen and oxygen atoms in total. The van der Waals surface area contributed by atoms with E-state index >= 15 is 0 Å². The number of carbonyl (C=O) groups excluding carboxylic acids is 1. The van der Waals surface area contributed by atoms with Gasteiger partial charge in [0.25, 0.3) is 0 Å². The van der Waals surface area contributed by atoms with Gasteiger partial charge in [-0.2, -0.15) is 0 Å². The minimum Gasteiger partial charge on any atom is -0.458 e. The van der Waals surface area contributed by atoms with Crippen LogP contribution in [0.3, 0.4) is 0 Å². The summed E-state index contributed by atoms with van der Waals surface area (Å²) in [5, 5.41) is 0. The van der Waals surface area contributed by atoms with Crippen LogP contribution >= 0.6 is 0 Å². The molecule has 0 N–H and O–H groups in total. The minimum atomic E-state index is -0.0103. The minimum absolute atomic E-state index is 0.0103. The lowest BCUT2D eigenvalue weighted by Crippen LogP contribution is -2.44. The average Bonchev–Trinajstić information content (AvgIpc) is 2.46. The monoisotopic (exact) mass is 261 g/mol. The molecule has 0 saturated carbocycles. The molecule has 0 bridgehead atoms. The highest BCUT2D eigenvalue weighted by atomic mass is 16.5. The highest BCUT2D eigenvalue weighted by Gasteiger charge is 2.24. The molecule has 1 amide bonds. The number of rotatable bonds is 5. The molecule has 1 fully saturated rings. The molecule has 1 atom stereocenters. The maximum atomic E-state index is 11.9. The first-order chi connectivity index (χ1) is 9.29. The zero-order valence-corrected chi connectivity index (χ0v) is 11.0. The average molecular weight is 261 g/mol. The highest BCUT2D eigenvalue weighted by molar-refractivity contribution is 5.76. The van der Waals surface area contributed by atoms with E-state index in [1.165, 1.54) is 0 Å². The first-order valence-electron chi connectivity index (χ1n) is 6.62. The third-order valence-corrected chi connectivity index (χ3v) is 3.11. The maximum absolute atomic E-state index is 11.9. The Morgan fingerprint density at radius 2 is 2.32 bits per heavy atom. The van der Waals surface area contributed by atoms with E-state index in [0.717, 1.165) is 25.8 Å². The van der Waals surface area contributed by atoms with Gasteiger partial charge in [-0.3, -0.25) is 4.79 Å². The molecule has 1 aromatic rings. The Bertz CT molecular complexity index is 422. The Balaban J connectivity index is 1.86. The molecule has 5 heteroatoms. The number of amides is 1. The van der Waals surface area contributed by atoms with Gasteiger partial charge in [0.05, 0.1) is 6.54 Å². The largest absolute Gasteiger partial charge is 0.458 e. The van der Waals surface area contributed by atoms with Crippen molar-refractivity contribution in [3.8, 4) is 6.01 Å². The molecule has 102 valence electrons. The second-order valence-corrected chi connectivity index (χ2v) is 4.58. The predicted molar refractivity (Wildman–Crippen MR) is 71.7 cm³/mol. The zero-order chi connectivity index (χ0) is 13.5. The third kappa shape index (κ3) is 4.05. The number of hydrogen-bond acceptors (Lipinski definition) is 4. The second-order valence-electron chi connectivity index (χ2n) is 4.58. The standard InChI is InChI=1S/C14H19N3O2/c1-2-3-7-13(18)17-10-4-6-12(11-17)19-14-15-8-5-9-16-14/h2,5,8-9,12H,1,3-4,6-7,10-11H2/t12-/m0/s1. The van der Waals surface area contributed by atoms with Gasteiger partial charge < -0.3 is 9.64 Å². The summed E-state index contributed by atoms with van der Waals surface area (Å²) in [6.07, 6.45) is 8.20. The van der Waals surface area contributed by atoms with Crippen molar-refractivity contribution in [2.24, 2.45) is 0 Å². The molecule has 0 aliphatic carbocycles. The van der Waals surface area contributed by atoms with Crippen molar-refractivity contribution in [1.29, 1.82) is 0 Å². The van der Waals surface area contributed by atoms with E-state index in [2.05, 4.69) is 16.5 Å². The van der Waals surface area contributed by atoms with Crippen LogP contribution in [0.2, 0.25) is 0 Å². The topological polar surface area (TPSA) is 55.3 Å². The zero-order valence-electron chi connectivity index (χ0n) is 11.0. The smallest absolute Gasteiger partial charge is 0.316 e. The lowest BCUT2D eigenvalue weighted by Gasteiger charge is -2.32. The van der Waals surface area contributed by atoms with Gasteiger partial charge in [0.2, 0.25) is 5.91 Å². The predicted octanol–water partition coefficient (Wildman–Crippen LogP) is 1.81. The summed E-state index contributed by atoms with van der Waals surface area (Å²) < 4.78 is 5.70. The lowest BCUT2D eigenvalue weighted by molar-refractivity contribution is -0.133. The van der Waals surface area contributed by atoms with Crippen molar-refractivity contribution in [3.63, 3.8) is 0 Å². The molecular weight excluding hydrogens is 242 g/mol. The molecule has 0 unspecified atom stereocenters. The van der Waals surface area contributed by atoms with Crippen LogP contribution < -0.4 is 4.74 Å². The number of allylic oxidation sites excluding steroid dienone is 1. The molecule has 2 rings (SSSR count). The maximum Gasteiger partial charge on any atom is 0.316 e. The molecule has 0 radical (unpaired) electrons. The summed E-state index contributed by atoms with van der Waals surface area (Å²) in [5.41, 5.74) is 0. The summed E-state index contributed by atoms with van der Waals surface area (Å²) in [6, 6.07) is 2.13. The fourth-order valence-electron chi connectivity index (χ4n) is 2.14. The van der Waals surface area contributed by atoms with Gasteiger partial charge in [-0.1, -0.05) is 6.08 Å². The van der Waals surface area contributed by atoms with Crippen LogP contribution in [0.4, 0.5) is 0 Å². The van der Waals surface area contributed by atoms with Crippen LogP contribution in [0.5, 0.6) is 6.01 Å². The Morgan fingerprint density at radius 1 is 1.53 bits per heavy atom. The fraction of sp³-hybridized carbons (Fsp3) is 0.500. The van der Waals surface area contributed by atoms with E-state index in [9.17, 15) is 4.79 Å². The lowest BCUT2D eigenvalue weighted by atomic mass is 10.1. The van der Waals surface area contributed by atoms with Crippen molar-refractivity contribution < 1.29 is 9.53 Å². The number of ether oxygens (including phenoxy) is 1. The Kier molecular flexibility index (Phi) is 4.89. The van der Waals surface area contributed by atoms with Crippen molar-refractivity contribution >= 4 is 5.91 Å². The van der Waals surface area contributed by atoms with E-state index in [1.807, 2.05) is 4.90 Å². The van der Waals surface area contributed by atoms with Crippen LogP contribution in [0.15, 0.2) is 31.1 Å². The molecule has 1 aliphatic heterocycles. The number of aromatic nitrogens is 2. The van der Waals surface area contributed by atoms with Crippen LogP contribution in [0.25, 0.3) is 0 Å². The Labute approximate surface area is 113 Å². The van der Waals surface area contributed by atoms with E-state index in [0.29, 0.717) is 19.0 Å². The fourth-order valence-corrected chi connectivity index (χ4v) is 2.14. The summed E-state index contributed by atoms with van der Waals surface area (Å²) in [4.78, 5) is 21.9. The van der Waals surface area contributed by atoms with Crippen LogP contribution in [0, 0.1) is 0 Å². The van der Waals surface area contributed by atoms with Gasteiger partial charge >= 0.3 is 6.01 Å². The number of nitrogens with zero attached hydrogens (tertiary/aromatic N) is 3. The van der Waals surface area contributed by atoms with Crippen LogP contribution in [-0.2, 0) is 4.79 Å². The van der Waals surface area contributed by atoms with E-state index < -0.39 is 0 Å². The van der Waals surface area contributed by atoms with Gasteiger partial charge in [0.1, 0.15) is 6.10 Å². The molecule has 2 heterocycles. The first-order valence-corrected chi connectivity index (χ1v) is 6.62. The number of likely N-dealkylation sites (tertiary alicyclic amines) is 1. The van der Waals surface area contributed by atoms with Crippen molar-refractivity contribution in [2.45, 2.75) is 31.8 Å². The van der Waals surface area contributed by atoms with Gasteiger partial charge in [-0.25, -0.2) is 9.97 Å². The molecule has 0 aromatic carbocycles. The van der Waals surface area contributed by atoms with Gasteiger partial charge in [0, 0.05) is 25.4 Å². The van der Waals surface area contributed by atoms with E-state index in [4.69, 9.17) is 4.74 Å². The van der Waals surface area contributed by atoms with Gasteiger partial charge in [-0.05, 0) is 25.3 Å². The Morgan fingerprint density at radius 3 is 3.05 bits per heavy atom. The van der Waals surface area contributed by atoms with Crippen molar-refractivity contribution in [3.05, 3.63) is 31.1 Å². The molecule has 0 spiro atoms. The number of piperidine rings is 1. The molecule has 1 aliphatic rings. The summed E-state index contributed by atoms with van der Waals surface area (Å²) in [6.45, 7) is 5.07. The van der Waals surface area contributed by atoms with E-state index in [-0.39, 0.29) is 12.0 Å². The normalized spacial score (nSPS) is 18.9. The SMILES string of the molecule is C=CCCC(=O)N1CCC[C@H](Oc2ncccn2)C1. The van der Waals surface area contributed by atoms with Crippen LogP contribution in [0.1, 0.15) is 25.7 Å². The summed E-state index contributed by atoms with van der Waals surface area (Å²) in [5.74, 6) is 0.169. The molecular formula is C14H19N3O2. The highest BCUT2D eigenvalue weighted by Crippen LogP contribution is 2.16. The molecule has 1 aromatic heterocycles. The van der Waals surface area contributed by atoms with Gasteiger partial charge in [0.15, 0.2) is 0 Å². The third-order valence-electron chi connectivity index (χ3n) is 3.11. The second kappa shape index (κ2) is 6.87. The van der Waals surface area contributed by atoms with Gasteiger partial charge in [-0.15, -0.1) is 6.58 Å². The van der Waals surface area contributed by atoms with Crippen molar-refractivity contribution in [2.75, 3.05) is 13.1 Å². The number of hydrogen-bond donors (Lipinski definition) is 0. The molecule has 19 heavy (non-hydrogen) atoms. The quantitative estimate of drug-likeness (QED) is 0.759. The van der Waals surface area contributed by atoms with Crippen molar-refractivity contribution in [1.82, 2.24) is 14.9 Å². The Hall–Kier alpha value is -1.91. The summed E-state index contributed by atoms with van der Waals surface area (Å²) in [7, 11) is 0.